The van der Waals surface area contributed by atoms with Gasteiger partial charge in [-0.15, -0.1) is 11.3 Å². The minimum atomic E-state index is -0.469. The first kappa shape index (κ1) is 15.9. The molecule has 0 aliphatic heterocycles. The van der Waals surface area contributed by atoms with Crippen molar-refractivity contribution in [2.24, 2.45) is 0 Å². The molecule has 1 N–H and O–H groups in total. The number of ether oxygens (including phenoxy) is 1. The number of nitrogens with one attached hydrogen (secondary N) is 1. The lowest BCUT2D eigenvalue weighted by molar-refractivity contribution is 0.0607. The van der Waals surface area contributed by atoms with Gasteiger partial charge >= 0.3 is 5.97 Å². The smallest absolute Gasteiger partial charge is 0.350 e. The Balaban J connectivity index is 1.69. The Morgan fingerprint density at radius 1 is 1.25 bits per heavy atom. The Kier molecular flexibility index (Phi) is 4.66. The van der Waals surface area contributed by atoms with Crippen LogP contribution < -0.4 is 5.32 Å². The van der Waals surface area contributed by atoms with Gasteiger partial charge in [0.25, 0.3) is 5.91 Å². The third-order valence-electron chi connectivity index (χ3n) is 3.31. The normalized spacial score (nSPS) is 10.4. The molecule has 24 heavy (non-hydrogen) atoms. The van der Waals surface area contributed by atoms with Crippen LogP contribution in [0.15, 0.2) is 48.4 Å². The Morgan fingerprint density at radius 2 is 2.04 bits per heavy atom. The number of anilines is 1. The lowest BCUT2D eigenvalue weighted by Gasteiger charge is -2.07. The van der Waals surface area contributed by atoms with E-state index < -0.39 is 5.97 Å². The van der Waals surface area contributed by atoms with Crippen LogP contribution in [0.1, 0.15) is 25.6 Å². The molecule has 0 aliphatic rings. The number of thiophene rings is 1. The van der Waals surface area contributed by atoms with E-state index in [2.05, 4.69) is 15.4 Å². The van der Waals surface area contributed by atoms with Gasteiger partial charge in [-0.25, -0.2) is 14.5 Å². The molecule has 1 aromatic carbocycles. The van der Waals surface area contributed by atoms with Gasteiger partial charge in [-0.05, 0) is 29.1 Å². The highest BCUT2D eigenvalue weighted by molar-refractivity contribution is 7.12. The number of aromatic nitrogens is 3. The van der Waals surface area contributed by atoms with Crippen molar-refractivity contribution in [1.82, 2.24) is 14.8 Å². The van der Waals surface area contributed by atoms with E-state index in [-0.39, 0.29) is 5.91 Å². The fourth-order valence-corrected chi connectivity index (χ4v) is 2.88. The van der Waals surface area contributed by atoms with Gasteiger partial charge in [-0.3, -0.25) is 4.79 Å². The summed E-state index contributed by atoms with van der Waals surface area (Å²) in [6, 6.07) is 8.84. The molecule has 1 amide bonds. The van der Waals surface area contributed by atoms with E-state index in [1.165, 1.54) is 24.8 Å². The van der Waals surface area contributed by atoms with E-state index >= 15 is 0 Å². The molecule has 3 rings (SSSR count). The molecule has 2 heterocycles. The number of carbonyl (C=O) groups excluding carboxylic acids is 2. The molecule has 8 heteroatoms. The number of esters is 1. The standard InChI is InChI=1S/C16H14N4O3S/c1-23-16(22)14-13(6-7-24-14)19-15(21)12-4-2-11(3-5-12)8-20-10-17-9-18-20/h2-7,9-10H,8H2,1H3,(H,19,21). The van der Waals surface area contributed by atoms with E-state index in [1.54, 1.807) is 34.6 Å². The highest BCUT2D eigenvalue weighted by Gasteiger charge is 2.16. The van der Waals surface area contributed by atoms with Gasteiger partial charge in [-0.1, -0.05) is 12.1 Å². The summed E-state index contributed by atoms with van der Waals surface area (Å²) in [7, 11) is 1.31. The molecule has 0 saturated heterocycles. The van der Waals surface area contributed by atoms with Crippen molar-refractivity contribution in [2.75, 3.05) is 12.4 Å². The Bertz CT molecular complexity index is 841. The average molecular weight is 342 g/mol. The second kappa shape index (κ2) is 7.05. The van der Waals surface area contributed by atoms with Gasteiger partial charge in [0.2, 0.25) is 0 Å². The lowest BCUT2D eigenvalue weighted by atomic mass is 10.1. The number of amides is 1. The number of methoxy groups -OCH3 is 1. The number of nitrogens with zero attached hydrogens (tertiary/aromatic N) is 3. The molecule has 0 fully saturated rings. The molecular weight excluding hydrogens is 328 g/mol. The Hall–Kier alpha value is -3.00. The fourth-order valence-electron chi connectivity index (χ4n) is 2.12. The van der Waals surface area contributed by atoms with Gasteiger partial charge in [0.1, 0.15) is 17.5 Å². The van der Waals surface area contributed by atoms with E-state index in [0.29, 0.717) is 22.7 Å². The molecule has 0 atom stereocenters. The SMILES string of the molecule is COC(=O)c1sccc1NC(=O)c1ccc(Cn2cncn2)cc1. The van der Waals surface area contributed by atoms with Crippen LogP contribution in [0.3, 0.4) is 0 Å². The minimum Gasteiger partial charge on any atom is -0.465 e. The molecule has 0 saturated carbocycles. The quantitative estimate of drug-likeness (QED) is 0.720. The van der Waals surface area contributed by atoms with Crippen LogP contribution in [-0.2, 0) is 11.3 Å². The summed E-state index contributed by atoms with van der Waals surface area (Å²) >= 11 is 1.22. The molecule has 0 unspecified atom stereocenters. The zero-order valence-corrected chi connectivity index (χ0v) is 13.6. The molecule has 0 aliphatic carbocycles. The largest absolute Gasteiger partial charge is 0.465 e. The van der Waals surface area contributed by atoms with Crippen molar-refractivity contribution in [3.05, 3.63) is 64.4 Å². The summed E-state index contributed by atoms with van der Waals surface area (Å²) in [6.07, 6.45) is 3.10. The Morgan fingerprint density at radius 3 is 2.71 bits per heavy atom. The van der Waals surface area contributed by atoms with E-state index in [1.807, 2.05) is 12.1 Å². The van der Waals surface area contributed by atoms with Crippen LogP contribution in [0.2, 0.25) is 0 Å². The van der Waals surface area contributed by atoms with E-state index in [9.17, 15) is 9.59 Å². The lowest BCUT2D eigenvalue weighted by Crippen LogP contribution is -2.14. The first-order chi connectivity index (χ1) is 11.7. The maximum atomic E-state index is 12.3. The van der Waals surface area contributed by atoms with Crippen molar-refractivity contribution < 1.29 is 14.3 Å². The van der Waals surface area contributed by atoms with E-state index in [0.717, 1.165) is 5.56 Å². The maximum Gasteiger partial charge on any atom is 0.350 e. The summed E-state index contributed by atoms with van der Waals surface area (Å²) in [6.45, 7) is 0.582. The molecule has 7 nitrogen and oxygen atoms in total. The van der Waals surface area contributed by atoms with Crippen LogP contribution in [0.4, 0.5) is 5.69 Å². The average Bonchev–Trinajstić information content (AvgIpc) is 3.26. The third-order valence-corrected chi connectivity index (χ3v) is 4.21. The fraction of sp³-hybridized carbons (Fsp3) is 0.125. The Labute approximate surface area is 141 Å². The van der Waals surface area contributed by atoms with Gasteiger partial charge in [0.15, 0.2) is 0 Å². The minimum absolute atomic E-state index is 0.286. The van der Waals surface area contributed by atoms with Crippen LogP contribution >= 0.6 is 11.3 Å². The van der Waals surface area contributed by atoms with Crippen molar-refractivity contribution in [3.8, 4) is 0 Å². The van der Waals surface area contributed by atoms with Crippen LogP contribution in [0.25, 0.3) is 0 Å². The van der Waals surface area contributed by atoms with E-state index in [4.69, 9.17) is 4.74 Å². The predicted molar refractivity (Wildman–Crippen MR) is 89.2 cm³/mol. The van der Waals surface area contributed by atoms with Crippen LogP contribution in [0.5, 0.6) is 0 Å². The molecule has 2 aromatic heterocycles. The van der Waals surface area contributed by atoms with Crippen LogP contribution in [-0.4, -0.2) is 33.8 Å². The molecule has 0 bridgehead atoms. The molecule has 0 radical (unpaired) electrons. The second-order valence-electron chi connectivity index (χ2n) is 4.90. The predicted octanol–water partition coefficient (Wildman–Crippen LogP) is 2.43. The molecule has 0 spiro atoms. The van der Waals surface area contributed by atoms with Gasteiger partial charge < -0.3 is 10.1 Å². The van der Waals surface area contributed by atoms with Crippen LogP contribution in [0, 0.1) is 0 Å². The summed E-state index contributed by atoms with van der Waals surface area (Å²) in [5, 5.41) is 8.49. The summed E-state index contributed by atoms with van der Waals surface area (Å²) in [5.74, 6) is -0.755. The van der Waals surface area contributed by atoms with Crippen molar-refractivity contribution in [2.45, 2.75) is 6.54 Å². The summed E-state index contributed by atoms with van der Waals surface area (Å²) in [4.78, 5) is 28.2. The monoisotopic (exact) mass is 342 g/mol. The number of carbonyl (C=O) groups is 2. The maximum absolute atomic E-state index is 12.3. The van der Waals surface area contributed by atoms with Gasteiger partial charge in [-0.2, -0.15) is 5.10 Å². The summed E-state index contributed by atoms with van der Waals surface area (Å²) in [5.41, 5.74) is 1.95. The van der Waals surface area contributed by atoms with Crippen molar-refractivity contribution in [1.29, 1.82) is 0 Å². The number of hydrogen-bond donors (Lipinski definition) is 1. The number of benzene rings is 1. The third kappa shape index (κ3) is 3.49. The molecular formula is C16H14N4O3S. The number of rotatable bonds is 5. The highest BCUT2D eigenvalue weighted by Crippen LogP contribution is 2.23. The summed E-state index contributed by atoms with van der Waals surface area (Å²) < 4.78 is 6.39. The zero-order chi connectivity index (χ0) is 16.9. The first-order valence-electron chi connectivity index (χ1n) is 7.06. The van der Waals surface area contributed by atoms with Gasteiger partial charge in [0, 0.05) is 5.56 Å². The zero-order valence-electron chi connectivity index (χ0n) is 12.8. The second-order valence-corrected chi connectivity index (χ2v) is 5.82. The molecule has 3 aromatic rings. The van der Waals surface area contributed by atoms with Crippen molar-refractivity contribution in [3.63, 3.8) is 0 Å². The highest BCUT2D eigenvalue weighted by atomic mass is 32.1. The van der Waals surface area contributed by atoms with Crippen molar-refractivity contribution >= 4 is 28.9 Å². The molecule has 122 valence electrons. The topological polar surface area (TPSA) is 86.1 Å². The van der Waals surface area contributed by atoms with Gasteiger partial charge in [0.05, 0.1) is 19.3 Å². The first-order valence-corrected chi connectivity index (χ1v) is 7.94. The number of hydrogen-bond acceptors (Lipinski definition) is 6.